The Hall–Kier alpha value is -2.30. The van der Waals surface area contributed by atoms with E-state index in [1.165, 1.54) is 43.3 Å². The van der Waals surface area contributed by atoms with Gasteiger partial charge in [0.05, 0.1) is 21.7 Å². The van der Waals surface area contributed by atoms with Crippen molar-refractivity contribution in [1.82, 2.24) is 5.32 Å². The molecule has 7 nitrogen and oxygen atoms in total. The Morgan fingerprint density at radius 2 is 1.69 bits per heavy atom. The highest BCUT2D eigenvalue weighted by Crippen LogP contribution is 2.27. The van der Waals surface area contributed by atoms with Crippen LogP contribution >= 0.6 is 0 Å². The van der Waals surface area contributed by atoms with E-state index in [2.05, 4.69) is 10.6 Å². The molecule has 0 bridgehead atoms. The molecule has 10 heteroatoms. The molecule has 156 valence electrons. The van der Waals surface area contributed by atoms with Crippen molar-refractivity contribution < 1.29 is 26.0 Å². The van der Waals surface area contributed by atoms with Crippen LogP contribution in [-0.4, -0.2) is 45.5 Å². The van der Waals surface area contributed by atoms with Gasteiger partial charge >= 0.3 is 0 Å². The van der Waals surface area contributed by atoms with E-state index in [4.69, 9.17) is 0 Å². The Balaban J connectivity index is 1.81. The molecule has 2 atom stereocenters. The summed E-state index contributed by atoms with van der Waals surface area (Å²) in [5.74, 6) is -1.43. The Labute approximate surface area is 169 Å². The van der Waals surface area contributed by atoms with Gasteiger partial charge in [0, 0.05) is 25.2 Å². The monoisotopic (exact) mass is 440 g/mol. The van der Waals surface area contributed by atoms with Crippen LogP contribution in [-0.2, 0) is 31.0 Å². The number of benzene rings is 2. The number of nitrogens with one attached hydrogen (secondary N) is 2. The second-order valence-electron chi connectivity index (χ2n) is 6.98. The zero-order chi connectivity index (χ0) is 21.2. The van der Waals surface area contributed by atoms with Gasteiger partial charge in [-0.3, -0.25) is 4.79 Å². The van der Waals surface area contributed by atoms with Gasteiger partial charge in [-0.1, -0.05) is 12.1 Å². The number of carbonyl (C=O) groups excluding carboxylic acids is 1. The fourth-order valence-electron chi connectivity index (χ4n) is 3.27. The van der Waals surface area contributed by atoms with Crippen molar-refractivity contribution in [3.05, 3.63) is 59.9 Å². The van der Waals surface area contributed by atoms with E-state index in [-0.39, 0.29) is 28.9 Å². The lowest BCUT2D eigenvalue weighted by molar-refractivity contribution is -0.114. The summed E-state index contributed by atoms with van der Waals surface area (Å²) in [5, 5.41) is 4.41. The van der Waals surface area contributed by atoms with Crippen LogP contribution in [0.15, 0.2) is 53.4 Å². The van der Waals surface area contributed by atoms with E-state index in [0.717, 1.165) is 0 Å². The minimum Gasteiger partial charge on any atom is -0.326 e. The molecule has 2 aromatic carbocycles. The summed E-state index contributed by atoms with van der Waals surface area (Å²) in [5.41, 5.74) is 1.16. The maximum Gasteiger partial charge on any atom is 0.221 e. The van der Waals surface area contributed by atoms with Crippen molar-refractivity contribution >= 4 is 31.3 Å². The number of halogens is 1. The van der Waals surface area contributed by atoms with Crippen molar-refractivity contribution in [2.75, 3.05) is 16.8 Å². The van der Waals surface area contributed by atoms with Gasteiger partial charge in [0.25, 0.3) is 0 Å². The van der Waals surface area contributed by atoms with E-state index in [0.29, 0.717) is 11.3 Å². The first kappa shape index (κ1) is 21.4. The van der Waals surface area contributed by atoms with Gasteiger partial charge in [0.1, 0.15) is 5.82 Å². The summed E-state index contributed by atoms with van der Waals surface area (Å²) in [6.45, 7) is 1.55. The number of hydrogen-bond acceptors (Lipinski definition) is 6. The van der Waals surface area contributed by atoms with Crippen molar-refractivity contribution in [3.8, 4) is 0 Å². The van der Waals surface area contributed by atoms with E-state index < -0.39 is 36.7 Å². The number of anilines is 1. The molecular formula is C19H21FN2O5S2. The summed E-state index contributed by atoms with van der Waals surface area (Å²) < 4.78 is 63.5. The number of rotatable bonds is 6. The molecule has 1 heterocycles. The van der Waals surface area contributed by atoms with Crippen LogP contribution in [0.5, 0.6) is 0 Å². The SMILES string of the molecule is CC(=O)Nc1ccc(S(=O)(=O)[C@@H]2CS(=O)(=O)C[C@H]2NCc2ccc(F)cc2)cc1. The Morgan fingerprint density at radius 3 is 2.28 bits per heavy atom. The quantitative estimate of drug-likeness (QED) is 0.705. The summed E-state index contributed by atoms with van der Waals surface area (Å²) in [4.78, 5) is 11.1. The summed E-state index contributed by atoms with van der Waals surface area (Å²) in [6.07, 6.45) is 0. The highest BCUT2D eigenvalue weighted by molar-refractivity contribution is 7.96. The largest absolute Gasteiger partial charge is 0.326 e. The number of sulfone groups is 2. The first-order chi connectivity index (χ1) is 13.6. The second kappa shape index (κ2) is 8.21. The van der Waals surface area contributed by atoms with Crippen LogP contribution in [0.25, 0.3) is 0 Å². The van der Waals surface area contributed by atoms with Crippen molar-refractivity contribution in [1.29, 1.82) is 0 Å². The molecule has 0 aromatic heterocycles. The third kappa shape index (κ3) is 5.20. The van der Waals surface area contributed by atoms with Gasteiger partial charge in [0.2, 0.25) is 5.91 Å². The molecule has 1 fully saturated rings. The fraction of sp³-hybridized carbons (Fsp3) is 0.316. The Bertz CT molecular complexity index is 1100. The lowest BCUT2D eigenvalue weighted by Gasteiger charge is -2.20. The maximum atomic E-state index is 13.1. The normalized spacial score (nSPS) is 21.0. The highest BCUT2D eigenvalue weighted by atomic mass is 32.2. The molecule has 0 radical (unpaired) electrons. The molecule has 2 N–H and O–H groups in total. The predicted molar refractivity (Wildman–Crippen MR) is 107 cm³/mol. The zero-order valence-electron chi connectivity index (χ0n) is 15.6. The lowest BCUT2D eigenvalue weighted by atomic mass is 10.2. The van der Waals surface area contributed by atoms with Crippen molar-refractivity contribution in [2.24, 2.45) is 0 Å². The summed E-state index contributed by atoms with van der Waals surface area (Å²) in [6, 6.07) is 10.5. The van der Waals surface area contributed by atoms with Crippen LogP contribution in [0.1, 0.15) is 12.5 Å². The molecule has 1 aliphatic rings. The van der Waals surface area contributed by atoms with Gasteiger partial charge in [-0.15, -0.1) is 0 Å². The molecule has 1 saturated heterocycles. The molecule has 0 unspecified atom stereocenters. The van der Waals surface area contributed by atoms with Crippen LogP contribution in [0.2, 0.25) is 0 Å². The van der Waals surface area contributed by atoms with Crippen LogP contribution in [0.4, 0.5) is 10.1 Å². The van der Waals surface area contributed by atoms with Crippen LogP contribution < -0.4 is 10.6 Å². The zero-order valence-corrected chi connectivity index (χ0v) is 17.3. The topological polar surface area (TPSA) is 109 Å². The standard InChI is InChI=1S/C19H21FN2O5S2/c1-13(23)22-16-6-8-17(9-7-16)29(26,27)19-12-28(24,25)11-18(19)21-10-14-2-4-15(20)5-3-14/h2-9,18-19,21H,10-12H2,1H3,(H,22,23)/t18-,19-/m1/s1. The average molecular weight is 441 g/mol. The smallest absolute Gasteiger partial charge is 0.221 e. The van der Waals surface area contributed by atoms with E-state index in [1.807, 2.05) is 0 Å². The third-order valence-electron chi connectivity index (χ3n) is 4.68. The van der Waals surface area contributed by atoms with E-state index >= 15 is 0 Å². The maximum absolute atomic E-state index is 13.1. The van der Waals surface area contributed by atoms with Crippen molar-refractivity contribution in [2.45, 2.75) is 29.7 Å². The van der Waals surface area contributed by atoms with Crippen LogP contribution in [0, 0.1) is 5.82 Å². The van der Waals surface area contributed by atoms with Gasteiger partial charge < -0.3 is 10.6 Å². The van der Waals surface area contributed by atoms with Crippen LogP contribution in [0.3, 0.4) is 0 Å². The lowest BCUT2D eigenvalue weighted by Crippen LogP contribution is -2.43. The molecule has 0 saturated carbocycles. The minimum absolute atomic E-state index is 0.0118. The van der Waals surface area contributed by atoms with Gasteiger partial charge in [-0.2, -0.15) is 0 Å². The minimum atomic E-state index is -3.93. The number of hydrogen-bond donors (Lipinski definition) is 2. The predicted octanol–water partition coefficient (Wildman–Crippen LogP) is 1.51. The first-order valence-electron chi connectivity index (χ1n) is 8.87. The third-order valence-corrected chi connectivity index (χ3v) is 8.85. The first-order valence-corrected chi connectivity index (χ1v) is 12.2. The molecule has 1 aliphatic heterocycles. The molecule has 0 spiro atoms. The molecule has 2 aromatic rings. The van der Waals surface area contributed by atoms with Crippen molar-refractivity contribution in [3.63, 3.8) is 0 Å². The summed E-state index contributed by atoms with van der Waals surface area (Å²) >= 11 is 0. The summed E-state index contributed by atoms with van der Waals surface area (Å²) in [7, 11) is -7.46. The fourth-order valence-corrected chi connectivity index (χ4v) is 7.99. The Morgan fingerprint density at radius 1 is 1.07 bits per heavy atom. The average Bonchev–Trinajstić information content (AvgIpc) is 2.97. The molecular weight excluding hydrogens is 419 g/mol. The number of amides is 1. The molecule has 1 amide bonds. The second-order valence-corrected chi connectivity index (χ2v) is 11.3. The van der Waals surface area contributed by atoms with Gasteiger partial charge in [-0.25, -0.2) is 21.2 Å². The molecule has 0 aliphatic carbocycles. The Kier molecular flexibility index (Phi) is 6.06. The molecule has 29 heavy (non-hydrogen) atoms. The van der Waals surface area contributed by atoms with E-state index in [9.17, 15) is 26.0 Å². The van der Waals surface area contributed by atoms with Gasteiger partial charge in [-0.05, 0) is 42.0 Å². The highest BCUT2D eigenvalue weighted by Gasteiger charge is 2.45. The number of carbonyl (C=O) groups is 1. The van der Waals surface area contributed by atoms with Gasteiger partial charge in [0.15, 0.2) is 19.7 Å². The van der Waals surface area contributed by atoms with E-state index in [1.54, 1.807) is 12.1 Å². The molecule has 3 rings (SSSR count).